The number of morpholine rings is 1. The summed E-state index contributed by atoms with van der Waals surface area (Å²) in [6.07, 6.45) is 7.28. The van der Waals surface area contributed by atoms with Crippen molar-refractivity contribution in [3.8, 4) is 6.07 Å². The lowest BCUT2D eigenvalue weighted by molar-refractivity contribution is -0.116. The normalized spacial score (nSPS) is 18.6. The van der Waals surface area contributed by atoms with Crippen LogP contribution in [0.5, 0.6) is 0 Å². The van der Waals surface area contributed by atoms with Gasteiger partial charge in [-0.05, 0) is 31.8 Å². The summed E-state index contributed by atoms with van der Waals surface area (Å²) in [6, 6.07) is 3.81. The van der Waals surface area contributed by atoms with E-state index < -0.39 is 0 Å². The molecule has 4 rings (SSSR count). The maximum atomic E-state index is 12.7. The van der Waals surface area contributed by atoms with Gasteiger partial charge >= 0.3 is 0 Å². The molecule has 0 aromatic carbocycles. The number of anilines is 4. The summed E-state index contributed by atoms with van der Waals surface area (Å²) in [4.78, 5) is 27.5. The smallest absolute Gasteiger partial charge is 0.225 e. The number of pyridine rings is 1. The molecule has 2 aliphatic rings. The van der Waals surface area contributed by atoms with Gasteiger partial charge in [-0.3, -0.25) is 9.69 Å². The molecular weight excluding hydrogens is 434 g/mol. The number of carbonyl (C=O) groups is 1. The van der Waals surface area contributed by atoms with Crippen LogP contribution in [0.25, 0.3) is 0 Å². The fourth-order valence-electron chi connectivity index (χ4n) is 4.00. The largest absolute Gasteiger partial charge is 0.383 e. The van der Waals surface area contributed by atoms with Crippen molar-refractivity contribution in [3.63, 3.8) is 0 Å². The van der Waals surface area contributed by atoms with E-state index in [-0.39, 0.29) is 11.6 Å². The molecule has 1 unspecified atom stereocenters. The standard InChI is InChI=1S/C23H31N9O2/c24-11-18-14-28-22(16-26-18)31-21-10-19(27-13-17-2-1-4-25-12-17)20(15-29-21)30-23(33)3-5-32-6-8-34-9-7-32/h10,14-17,25H,1-9,12-13H2,(H,30,33)(H2,27,28,29,31). The molecule has 0 aliphatic carbocycles. The number of aromatic nitrogens is 3. The minimum Gasteiger partial charge on any atom is -0.383 e. The molecular formula is C23H31N9O2. The number of rotatable bonds is 9. The van der Waals surface area contributed by atoms with Gasteiger partial charge in [-0.25, -0.2) is 15.0 Å². The second-order valence-electron chi connectivity index (χ2n) is 8.48. The van der Waals surface area contributed by atoms with Gasteiger partial charge in [-0.15, -0.1) is 0 Å². The van der Waals surface area contributed by atoms with Gasteiger partial charge in [0, 0.05) is 38.7 Å². The van der Waals surface area contributed by atoms with Gasteiger partial charge < -0.3 is 26.0 Å². The van der Waals surface area contributed by atoms with Gasteiger partial charge in [0.2, 0.25) is 5.91 Å². The van der Waals surface area contributed by atoms with E-state index in [4.69, 9.17) is 10.00 Å². The number of ether oxygens (including phenoxy) is 1. The quantitative estimate of drug-likeness (QED) is 0.431. The van der Waals surface area contributed by atoms with Gasteiger partial charge in [-0.1, -0.05) is 0 Å². The summed E-state index contributed by atoms with van der Waals surface area (Å²) < 4.78 is 5.37. The van der Waals surface area contributed by atoms with Gasteiger partial charge in [0.05, 0.1) is 43.2 Å². The van der Waals surface area contributed by atoms with Gasteiger partial charge in [0.15, 0.2) is 5.69 Å². The highest BCUT2D eigenvalue weighted by Gasteiger charge is 2.16. The molecule has 4 N–H and O–H groups in total. The van der Waals surface area contributed by atoms with Gasteiger partial charge in [0.25, 0.3) is 0 Å². The summed E-state index contributed by atoms with van der Waals surface area (Å²) in [6.45, 7) is 6.69. The number of carbonyl (C=O) groups excluding carboxylic acids is 1. The Morgan fingerprint density at radius 2 is 2.03 bits per heavy atom. The molecule has 34 heavy (non-hydrogen) atoms. The molecule has 1 atom stereocenters. The number of piperidine rings is 1. The first-order valence-electron chi connectivity index (χ1n) is 11.7. The summed E-state index contributed by atoms with van der Waals surface area (Å²) in [5, 5.41) is 21.9. The zero-order valence-electron chi connectivity index (χ0n) is 19.2. The third-order valence-corrected chi connectivity index (χ3v) is 5.94. The fourth-order valence-corrected chi connectivity index (χ4v) is 4.00. The summed E-state index contributed by atoms with van der Waals surface area (Å²) >= 11 is 0. The van der Waals surface area contributed by atoms with Gasteiger partial charge in [0.1, 0.15) is 17.7 Å². The van der Waals surface area contributed by atoms with Crippen molar-refractivity contribution < 1.29 is 9.53 Å². The Bertz CT molecular complexity index is 981. The third kappa shape index (κ3) is 7.08. The van der Waals surface area contributed by atoms with E-state index in [2.05, 4.69) is 41.1 Å². The van der Waals surface area contributed by atoms with Crippen LogP contribution in [0.15, 0.2) is 24.7 Å². The number of hydrogen-bond donors (Lipinski definition) is 4. The first-order valence-corrected chi connectivity index (χ1v) is 11.7. The molecule has 2 aromatic heterocycles. The van der Waals surface area contributed by atoms with Gasteiger partial charge in [-0.2, -0.15) is 5.26 Å². The molecule has 2 fully saturated rings. The minimum absolute atomic E-state index is 0.0469. The Balaban J connectivity index is 1.42. The van der Waals surface area contributed by atoms with Crippen molar-refractivity contribution >= 4 is 28.9 Å². The van der Waals surface area contributed by atoms with Crippen LogP contribution in [0.1, 0.15) is 25.0 Å². The average molecular weight is 466 g/mol. The Labute approximate surface area is 199 Å². The molecule has 2 saturated heterocycles. The zero-order valence-corrected chi connectivity index (χ0v) is 19.2. The predicted octanol–water partition coefficient (Wildman–Crippen LogP) is 1.56. The molecule has 11 heteroatoms. The second kappa shape index (κ2) is 12.2. The lowest BCUT2D eigenvalue weighted by Gasteiger charge is -2.26. The van der Waals surface area contributed by atoms with Crippen LogP contribution in [0.2, 0.25) is 0 Å². The number of amides is 1. The van der Waals surface area contributed by atoms with E-state index in [1.54, 1.807) is 6.20 Å². The SMILES string of the molecule is N#Cc1cnc(Nc2cc(NCC3CCCNC3)c(NC(=O)CCN3CCOCC3)cn2)cn1. The first kappa shape index (κ1) is 23.8. The highest BCUT2D eigenvalue weighted by atomic mass is 16.5. The monoisotopic (exact) mass is 465 g/mol. The molecule has 180 valence electrons. The number of nitrogens with zero attached hydrogens (tertiary/aromatic N) is 5. The topological polar surface area (TPSA) is 140 Å². The average Bonchev–Trinajstić information content (AvgIpc) is 2.89. The van der Waals surface area contributed by atoms with E-state index in [9.17, 15) is 4.79 Å². The molecule has 0 radical (unpaired) electrons. The Kier molecular flexibility index (Phi) is 8.56. The number of hydrogen-bond acceptors (Lipinski definition) is 10. The number of nitrogens with one attached hydrogen (secondary N) is 4. The van der Waals surface area contributed by atoms with Crippen LogP contribution in [0, 0.1) is 17.2 Å². The van der Waals surface area contributed by atoms with Crippen LogP contribution in [-0.2, 0) is 9.53 Å². The Morgan fingerprint density at radius 3 is 2.76 bits per heavy atom. The van der Waals surface area contributed by atoms with E-state index >= 15 is 0 Å². The highest BCUT2D eigenvalue weighted by molar-refractivity contribution is 5.94. The summed E-state index contributed by atoms with van der Waals surface area (Å²) in [7, 11) is 0. The summed E-state index contributed by atoms with van der Waals surface area (Å²) in [5.74, 6) is 1.52. The molecule has 2 aromatic rings. The lowest BCUT2D eigenvalue weighted by atomic mass is 10.00. The highest BCUT2D eigenvalue weighted by Crippen LogP contribution is 2.26. The van der Waals surface area contributed by atoms with Crippen LogP contribution in [0.3, 0.4) is 0 Å². The lowest BCUT2D eigenvalue weighted by Crippen LogP contribution is -2.38. The van der Waals surface area contributed by atoms with Crippen LogP contribution < -0.4 is 21.3 Å². The molecule has 4 heterocycles. The summed E-state index contributed by atoms with van der Waals surface area (Å²) in [5.41, 5.74) is 1.69. The molecule has 1 amide bonds. The van der Waals surface area contributed by atoms with Crippen molar-refractivity contribution in [1.82, 2.24) is 25.2 Å². The molecule has 0 spiro atoms. The van der Waals surface area contributed by atoms with Crippen molar-refractivity contribution in [2.45, 2.75) is 19.3 Å². The van der Waals surface area contributed by atoms with Crippen LogP contribution >= 0.6 is 0 Å². The van der Waals surface area contributed by atoms with Crippen molar-refractivity contribution in [2.24, 2.45) is 5.92 Å². The maximum Gasteiger partial charge on any atom is 0.225 e. The van der Waals surface area contributed by atoms with Crippen molar-refractivity contribution in [3.05, 3.63) is 30.4 Å². The van der Waals surface area contributed by atoms with Crippen LogP contribution in [-0.4, -0.2) is 78.2 Å². The Morgan fingerprint density at radius 1 is 1.18 bits per heavy atom. The molecule has 0 bridgehead atoms. The first-order chi connectivity index (χ1) is 16.7. The zero-order chi connectivity index (χ0) is 23.6. The van der Waals surface area contributed by atoms with E-state index in [1.165, 1.54) is 12.4 Å². The maximum absolute atomic E-state index is 12.7. The third-order valence-electron chi connectivity index (χ3n) is 5.94. The fraction of sp³-hybridized carbons (Fsp3) is 0.522. The molecule has 11 nitrogen and oxygen atoms in total. The van der Waals surface area contributed by atoms with E-state index in [0.717, 1.165) is 51.3 Å². The molecule has 0 saturated carbocycles. The minimum atomic E-state index is -0.0469. The van der Waals surface area contributed by atoms with E-state index in [0.29, 0.717) is 49.4 Å². The number of nitriles is 1. The second-order valence-corrected chi connectivity index (χ2v) is 8.48. The van der Waals surface area contributed by atoms with E-state index in [1.807, 2.05) is 12.1 Å². The Hall–Kier alpha value is -3.33. The predicted molar refractivity (Wildman–Crippen MR) is 129 cm³/mol. The van der Waals surface area contributed by atoms with Crippen molar-refractivity contribution in [2.75, 3.05) is 68.4 Å². The van der Waals surface area contributed by atoms with Crippen molar-refractivity contribution in [1.29, 1.82) is 5.26 Å². The molecule has 2 aliphatic heterocycles. The van der Waals surface area contributed by atoms with Crippen LogP contribution in [0.4, 0.5) is 23.0 Å².